The highest BCUT2D eigenvalue weighted by Gasteiger charge is 2.34. The first-order chi connectivity index (χ1) is 7.58. The first kappa shape index (κ1) is 12.2. The second-order valence-corrected chi connectivity index (χ2v) is 5.16. The molecule has 0 saturated heterocycles. The van der Waals surface area contributed by atoms with Gasteiger partial charge in [-0.05, 0) is 36.5 Å². The topological polar surface area (TPSA) is 40.5 Å². The molecular weight excluding hydrogens is 247 g/mol. The van der Waals surface area contributed by atoms with Crippen molar-refractivity contribution in [3.05, 3.63) is 33.8 Å². The van der Waals surface area contributed by atoms with Gasteiger partial charge in [0.1, 0.15) is 0 Å². The van der Waals surface area contributed by atoms with E-state index in [4.69, 9.17) is 23.2 Å². The standard InChI is InChI=1S/C12H14Cl2O2/c13-9-4-1-7(5-10(9)14)6-11(15)12(16)8-2-3-8/h1,4-5,8,11-12,15-16H,2-3,6H2. The molecule has 1 saturated carbocycles. The van der Waals surface area contributed by atoms with Crippen molar-refractivity contribution in [2.75, 3.05) is 0 Å². The quantitative estimate of drug-likeness (QED) is 0.874. The molecule has 2 nitrogen and oxygen atoms in total. The van der Waals surface area contributed by atoms with Gasteiger partial charge in [-0.2, -0.15) is 0 Å². The van der Waals surface area contributed by atoms with E-state index < -0.39 is 12.2 Å². The van der Waals surface area contributed by atoms with Crippen LogP contribution < -0.4 is 0 Å². The predicted molar refractivity (Wildman–Crippen MR) is 64.9 cm³/mol. The van der Waals surface area contributed by atoms with Gasteiger partial charge in [-0.15, -0.1) is 0 Å². The highest BCUT2D eigenvalue weighted by molar-refractivity contribution is 6.42. The zero-order valence-corrected chi connectivity index (χ0v) is 10.2. The molecule has 88 valence electrons. The number of benzene rings is 1. The molecule has 2 unspecified atom stereocenters. The van der Waals surface area contributed by atoms with Crippen LogP contribution in [0.1, 0.15) is 18.4 Å². The average molecular weight is 261 g/mol. The van der Waals surface area contributed by atoms with Crippen LogP contribution in [0.5, 0.6) is 0 Å². The van der Waals surface area contributed by atoms with Crippen molar-refractivity contribution in [3.63, 3.8) is 0 Å². The molecule has 1 aliphatic rings. The van der Waals surface area contributed by atoms with Crippen molar-refractivity contribution < 1.29 is 10.2 Å². The Bertz CT molecular complexity index is 377. The van der Waals surface area contributed by atoms with E-state index >= 15 is 0 Å². The second kappa shape index (κ2) is 4.92. The van der Waals surface area contributed by atoms with E-state index in [1.54, 1.807) is 12.1 Å². The minimum atomic E-state index is -0.718. The number of hydrogen-bond acceptors (Lipinski definition) is 2. The Morgan fingerprint density at radius 1 is 1.19 bits per heavy atom. The fraction of sp³-hybridized carbons (Fsp3) is 0.500. The maximum atomic E-state index is 9.82. The summed E-state index contributed by atoms with van der Waals surface area (Å²) >= 11 is 11.7. The van der Waals surface area contributed by atoms with Crippen LogP contribution in [0.3, 0.4) is 0 Å². The number of hydrogen-bond donors (Lipinski definition) is 2. The third-order valence-electron chi connectivity index (χ3n) is 2.93. The molecule has 0 radical (unpaired) electrons. The minimum Gasteiger partial charge on any atom is -0.390 e. The molecule has 1 aromatic carbocycles. The van der Waals surface area contributed by atoms with E-state index in [2.05, 4.69) is 0 Å². The predicted octanol–water partition coefficient (Wildman–Crippen LogP) is 2.67. The third-order valence-corrected chi connectivity index (χ3v) is 3.67. The SMILES string of the molecule is OC(Cc1ccc(Cl)c(Cl)c1)C(O)C1CC1. The lowest BCUT2D eigenvalue weighted by Gasteiger charge is -2.17. The Kier molecular flexibility index (Phi) is 3.75. The number of aliphatic hydroxyl groups excluding tert-OH is 2. The van der Waals surface area contributed by atoms with Crippen LogP contribution in [0, 0.1) is 5.92 Å². The van der Waals surface area contributed by atoms with E-state index in [1.807, 2.05) is 6.07 Å². The van der Waals surface area contributed by atoms with Gasteiger partial charge in [0.15, 0.2) is 0 Å². The monoisotopic (exact) mass is 260 g/mol. The first-order valence-electron chi connectivity index (χ1n) is 5.38. The van der Waals surface area contributed by atoms with Crippen molar-refractivity contribution in [2.24, 2.45) is 5.92 Å². The lowest BCUT2D eigenvalue weighted by molar-refractivity contribution is 0.00673. The van der Waals surface area contributed by atoms with E-state index in [0.29, 0.717) is 16.5 Å². The van der Waals surface area contributed by atoms with Crippen LogP contribution in [-0.4, -0.2) is 22.4 Å². The lowest BCUT2D eigenvalue weighted by atomic mass is 10.0. The van der Waals surface area contributed by atoms with Crippen molar-refractivity contribution >= 4 is 23.2 Å². The third kappa shape index (κ3) is 2.89. The molecule has 2 atom stereocenters. The van der Waals surface area contributed by atoms with Gasteiger partial charge < -0.3 is 10.2 Å². The van der Waals surface area contributed by atoms with E-state index in [1.165, 1.54) is 0 Å². The van der Waals surface area contributed by atoms with E-state index in [-0.39, 0.29) is 5.92 Å². The molecule has 0 aliphatic heterocycles. The van der Waals surface area contributed by atoms with Crippen LogP contribution >= 0.6 is 23.2 Å². The molecule has 2 rings (SSSR count). The summed E-state index contributed by atoms with van der Waals surface area (Å²) in [7, 11) is 0. The van der Waals surface area contributed by atoms with Crippen molar-refractivity contribution in [2.45, 2.75) is 31.5 Å². The van der Waals surface area contributed by atoms with Crippen molar-refractivity contribution in [3.8, 4) is 0 Å². The summed E-state index contributed by atoms with van der Waals surface area (Å²) in [6.45, 7) is 0. The zero-order chi connectivity index (χ0) is 11.7. The first-order valence-corrected chi connectivity index (χ1v) is 6.13. The van der Waals surface area contributed by atoms with Crippen LogP contribution in [0.2, 0.25) is 10.0 Å². The molecule has 0 bridgehead atoms. The highest BCUT2D eigenvalue weighted by Crippen LogP contribution is 2.34. The molecule has 0 spiro atoms. The summed E-state index contributed by atoms with van der Waals surface area (Å²) in [5.74, 6) is 0.276. The van der Waals surface area contributed by atoms with Crippen molar-refractivity contribution in [1.29, 1.82) is 0 Å². The number of aliphatic hydroxyl groups is 2. The van der Waals surface area contributed by atoms with Gasteiger partial charge >= 0.3 is 0 Å². The Labute approximate surface area is 105 Å². The second-order valence-electron chi connectivity index (χ2n) is 4.35. The molecule has 0 heterocycles. The molecule has 0 amide bonds. The fourth-order valence-electron chi connectivity index (χ4n) is 1.78. The summed E-state index contributed by atoms with van der Waals surface area (Å²) in [6, 6.07) is 5.25. The maximum absolute atomic E-state index is 9.82. The average Bonchev–Trinajstić information content (AvgIpc) is 3.06. The molecular formula is C12H14Cl2O2. The lowest BCUT2D eigenvalue weighted by Crippen LogP contribution is -2.29. The van der Waals surface area contributed by atoms with Gasteiger partial charge in [0.25, 0.3) is 0 Å². The van der Waals surface area contributed by atoms with Crippen LogP contribution in [0.15, 0.2) is 18.2 Å². The van der Waals surface area contributed by atoms with E-state index in [9.17, 15) is 10.2 Å². The number of rotatable bonds is 4. The van der Waals surface area contributed by atoms with Gasteiger partial charge in [0.05, 0.1) is 22.3 Å². The van der Waals surface area contributed by atoms with Gasteiger partial charge in [0, 0.05) is 6.42 Å². The minimum absolute atomic E-state index is 0.276. The van der Waals surface area contributed by atoms with Gasteiger partial charge in [0.2, 0.25) is 0 Å². The Hall–Kier alpha value is -0.280. The van der Waals surface area contributed by atoms with E-state index in [0.717, 1.165) is 18.4 Å². The molecule has 4 heteroatoms. The molecule has 1 fully saturated rings. The molecule has 16 heavy (non-hydrogen) atoms. The normalized spacial score (nSPS) is 19.5. The van der Waals surface area contributed by atoms with Gasteiger partial charge in [-0.25, -0.2) is 0 Å². The summed E-state index contributed by atoms with van der Waals surface area (Å²) in [5.41, 5.74) is 0.890. The molecule has 0 aromatic heterocycles. The smallest absolute Gasteiger partial charge is 0.0842 e. The van der Waals surface area contributed by atoms with Gasteiger partial charge in [-0.1, -0.05) is 29.3 Å². The molecule has 1 aliphatic carbocycles. The summed E-state index contributed by atoms with van der Waals surface area (Å²) < 4.78 is 0. The van der Waals surface area contributed by atoms with Crippen LogP contribution in [-0.2, 0) is 6.42 Å². The highest BCUT2D eigenvalue weighted by atomic mass is 35.5. The fourth-order valence-corrected chi connectivity index (χ4v) is 2.10. The Morgan fingerprint density at radius 3 is 2.44 bits per heavy atom. The summed E-state index contributed by atoms with van der Waals surface area (Å²) in [4.78, 5) is 0. The van der Waals surface area contributed by atoms with Crippen molar-refractivity contribution in [1.82, 2.24) is 0 Å². The Morgan fingerprint density at radius 2 is 1.88 bits per heavy atom. The van der Waals surface area contributed by atoms with Crippen LogP contribution in [0.25, 0.3) is 0 Å². The van der Waals surface area contributed by atoms with Crippen LogP contribution in [0.4, 0.5) is 0 Å². The zero-order valence-electron chi connectivity index (χ0n) is 8.74. The maximum Gasteiger partial charge on any atom is 0.0842 e. The molecule has 1 aromatic rings. The number of halogens is 2. The largest absolute Gasteiger partial charge is 0.390 e. The molecule has 2 N–H and O–H groups in total. The van der Waals surface area contributed by atoms with Gasteiger partial charge in [-0.3, -0.25) is 0 Å². The Balaban J connectivity index is 1.99. The summed E-state index contributed by atoms with van der Waals surface area (Å²) in [6.07, 6.45) is 1.10. The summed E-state index contributed by atoms with van der Waals surface area (Å²) in [5, 5.41) is 20.5.